The second kappa shape index (κ2) is 2.57. The van der Waals surface area contributed by atoms with Gasteiger partial charge in [-0.2, -0.15) is 5.10 Å². The molecule has 2 aromatic rings. The third kappa shape index (κ3) is 0.887. The van der Waals surface area contributed by atoms with Crippen molar-refractivity contribution in [3.05, 3.63) is 35.9 Å². The number of aliphatic hydroxyl groups is 1. The standard InChI is InChI=1S/C8H7FN2O/c9-7-2-1-3-11-8(7)6(5-12)4-10-11/h1-4,12H,5H2. The molecule has 0 amide bonds. The van der Waals surface area contributed by atoms with E-state index in [1.807, 2.05) is 0 Å². The van der Waals surface area contributed by atoms with Crippen molar-refractivity contribution in [2.75, 3.05) is 0 Å². The monoisotopic (exact) mass is 166 g/mol. The molecule has 1 N–H and O–H groups in total. The first-order valence-electron chi connectivity index (χ1n) is 3.54. The molecule has 3 nitrogen and oxygen atoms in total. The van der Waals surface area contributed by atoms with Crippen LogP contribution in [0.2, 0.25) is 0 Å². The van der Waals surface area contributed by atoms with E-state index in [0.717, 1.165) is 0 Å². The number of fused-ring (bicyclic) bond motifs is 1. The zero-order valence-corrected chi connectivity index (χ0v) is 6.24. The third-order valence-electron chi connectivity index (χ3n) is 1.74. The normalized spacial score (nSPS) is 10.8. The number of hydrogen-bond donors (Lipinski definition) is 1. The Morgan fingerprint density at radius 3 is 3.17 bits per heavy atom. The summed E-state index contributed by atoms with van der Waals surface area (Å²) in [5.74, 6) is -0.362. The molecule has 0 aliphatic heterocycles. The molecule has 2 heterocycles. The van der Waals surface area contributed by atoms with Gasteiger partial charge in [-0.1, -0.05) is 0 Å². The molecule has 0 fully saturated rings. The molecule has 0 aliphatic carbocycles. The van der Waals surface area contributed by atoms with Gasteiger partial charge in [-0.05, 0) is 12.1 Å². The number of nitrogens with zero attached hydrogens (tertiary/aromatic N) is 2. The SMILES string of the molecule is OCc1cnn2cccc(F)c12. The summed E-state index contributed by atoms with van der Waals surface area (Å²) in [6.45, 7) is -0.190. The van der Waals surface area contributed by atoms with Gasteiger partial charge in [-0.25, -0.2) is 8.91 Å². The van der Waals surface area contributed by atoms with Gasteiger partial charge in [0.25, 0.3) is 0 Å². The molecule has 0 bridgehead atoms. The minimum atomic E-state index is -0.362. The summed E-state index contributed by atoms with van der Waals surface area (Å²) in [6, 6.07) is 2.91. The third-order valence-corrected chi connectivity index (χ3v) is 1.74. The van der Waals surface area contributed by atoms with E-state index in [4.69, 9.17) is 5.11 Å². The van der Waals surface area contributed by atoms with Crippen molar-refractivity contribution in [1.29, 1.82) is 0 Å². The van der Waals surface area contributed by atoms with Gasteiger partial charge >= 0.3 is 0 Å². The van der Waals surface area contributed by atoms with E-state index in [9.17, 15) is 4.39 Å². The van der Waals surface area contributed by atoms with Gasteiger partial charge in [-0.15, -0.1) is 0 Å². The Morgan fingerprint density at radius 1 is 1.58 bits per heavy atom. The largest absolute Gasteiger partial charge is 0.392 e. The summed E-state index contributed by atoms with van der Waals surface area (Å²) in [4.78, 5) is 0. The van der Waals surface area contributed by atoms with Crippen LogP contribution in [0.5, 0.6) is 0 Å². The maximum atomic E-state index is 13.1. The van der Waals surface area contributed by atoms with E-state index in [1.165, 1.54) is 16.8 Å². The van der Waals surface area contributed by atoms with E-state index < -0.39 is 0 Å². The van der Waals surface area contributed by atoms with Gasteiger partial charge in [0, 0.05) is 11.8 Å². The molecule has 0 radical (unpaired) electrons. The summed E-state index contributed by atoms with van der Waals surface area (Å²) >= 11 is 0. The number of halogens is 1. The van der Waals surface area contributed by atoms with Crippen LogP contribution >= 0.6 is 0 Å². The molecule has 0 saturated heterocycles. The average Bonchev–Trinajstić information content (AvgIpc) is 2.49. The van der Waals surface area contributed by atoms with Crippen LogP contribution in [0, 0.1) is 5.82 Å². The highest BCUT2D eigenvalue weighted by atomic mass is 19.1. The summed E-state index contributed by atoms with van der Waals surface area (Å²) in [6.07, 6.45) is 3.09. The Hall–Kier alpha value is -1.42. The maximum absolute atomic E-state index is 13.1. The van der Waals surface area contributed by atoms with Gasteiger partial charge < -0.3 is 5.11 Å². The van der Waals surface area contributed by atoms with Crippen LogP contribution in [0.15, 0.2) is 24.5 Å². The number of hydrogen-bond acceptors (Lipinski definition) is 2. The highest BCUT2D eigenvalue weighted by Gasteiger charge is 2.06. The van der Waals surface area contributed by atoms with Crippen LogP contribution in [-0.2, 0) is 6.61 Å². The van der Waals surface area contributed by atoms with E-state index in [0.29, 0.717) is 11.1 Å². The highest BCUT2D eigenvalue weighted by Crippen LogP contribution is 2.13. The lowest BCUT2D eigenvalue weighted by Gasteiger charge is -1.95. The molecular formula is C8H7FN2O. The van der Waals surface area contributed by atoms with Gasteiger partial charge in [-0.3, -0.25) is 0 Å². The van der Waals surface area contributed by atoms with Gasteiger partial charge in [0.1, 0.15) is 11.3 Å². The summed E-state index contributed by atoms with van der Waals surface area (Å²) < 4.78 is 14.5. The van der Waals surface area contributed by atoms with Crippen LogP contribution in [-0.4, -0.2) is 14.7 Å². The van der Waals surface area contributed by atoms with Crippen molar-refractivity contribution in [1.82, 2.24) is 9.61 Å². The Labute approximate surface area is 68.1 Å². The Kier molecular flexibility index (Phi) is 1.55. The number of pyridine rings is 1. The zero-order valence-electron chi connectivity index (χ0n) is 6.24. The second-order valence-corrected chi connectivity index (χ2v) is 2.48. The van der Waals surface area contributed by atoms with Crippen LogP contribution in [0.3, 0.4) is 0 Å². The van der Waals surface area contributed by atoms with Gasteiger partial charge in [0.05, 0.1) is 12.8 Å². The van der Waals surface area contributed by atoms with Crippen molar-refractivity contribution in [2.24, 2.45) is 0 Å². The average molecular weight is 166 g/mol. The van der Waals surface area contributed by atoms with Crippen molar-refractivity contribution in [2.45, 2.75) is 6.61 Å². The molecule has 0 aliphatic rings. The topological polar surface area (TPSA) is 37.5 Å². The first kappa shape index (κ1) is 7.24. The molecule has 0 unspecified atom stereocenters. The number of aliphatic hydroxyl groups excluding tert-OH is 1. The molecule has 0 aromatic carbocycles. The summed E-state index contributed by atoms with van der Waals surface area (Å²) in [7, 11) is 0. The molecule has 0 atom stereocenters. The van der Waals surface area contributed by atoms with Crippen LogP contribution < -0.4 is 0 Å². The number of aromatic nitrogens is 2. The van der Waals surface area contributed by atoms with Crippen LogP contribution in [0.4, 0.5) is 4.39 Å². The quantitative estimate of drug-likeness (QED) is 0.685. The molecule has 0 spiro atoms. The Balaban J connectivity index is 2.83. The summed E-state index contributed by atoms with van der Waals surface area (Å²) in [5.41, 5.74) is 0.855. The highest BCUT2D eigenvalue weighted by molar-refractivity contribution is 5.54. The molecule has 12 heavy (non-hydrogen) atoms. The predicted molar refractivity (Wildman–Crippen MR) is 41.1 cm³/mol. The van der Waals surface area contributed by atoms with Crippen molar-refractivity contribution < 1.29 is 9.50 Å². The lowest BCUT2D eigenvalue weighted by molar-refractivity contribution is 0.283. The fourth-order valence-corrected chi connectivity index (χ4v) is 1.18. The lowest BCUT2D eigenvalue weighted by atomic mass is 10.3. The second-order valence-electron chi connectivity index (χ2n) is 2.48. The molecule has 2 rings (SSSR count). The zero-order chi connectivity index (χ0) is 8.55. The maximum Gasteiger partial charge on any atom is 0.149 e. The van der Waals surface area contributed by atoms with Crippen molar-refractivity contribution >= 4 is 5.52 Å². The minimum absolute atomic E-state index is 0.190. The molecule has 4 heteroatoms. The predicted octanol–water partition coefficient (Wildman–Crippen LogP) is 0.966. The lowest BCUT2D eigenvalue weighted by Crippen LogP contribution is -1.90. The molecule has 62 valence electrons. The van der Waals surface area contributed by atoms with Crippen LogP contribution in [0.25, 0.3) is 5.52 Å². The van der Waals surface area contributed by atoms with E-state index in [1.54, 1.807) is 12.3 Å². The van der Waals surface area contributed by atoms with Crippen molar-refractivity contribution in [3.63, 3.8) is 0 Å². The smallest absolute Gasteiger partial charge is 0.149 e. The van der Waals surface area contributed by atoms with Gasteiger partial charge in [0.15, 0.2) is 0 Å². The first-order valence-corrected chi connectivity index (χ1v) is 3.54. The van der Waals surface area contributed by atoms with E-state index in [-0.39, 0.29) is 12.4 Å². The molecule has 2 aromatic heterocycles. The Morgan fingerprint density at radius 2 is 2.42 bits per heavy atom. The van der Waals surface area contributed by atoms with E-state index in [2.05, 4.69) is 5.10 Å². The van der Waals surface area contributed by atoms with Crippen molar-refractivity contribution in [3.8, 4) is 0 Å². The van der Waals surface area contributed by atoms with E-state index >= 15 is 0 Å². The first-order chi connectivity index (χ1) is 5.83. The fraction of sp³-hybridized carbons (Fsp3) is 0.125. The fourth-order valence-electron chi connectivity index (χ4n) is 1.18. The van der Waals surface area contributed by atoms with Gasteiger partial charge in [0.2, 0.25) is 0 Å². The molecule has 0 saturated carbocycles. The minimum Gasteiger partial charge on any atom is -0.392 e. The molecular weight excluding hydrogens is 159 g/mol. The van der Waals surface area contributed by atoms with Crippen LogP contribution in [0.1, 0.15) is 5.56 Å². The Bertz CT molecular complexity index is 410. The number of rotatable bonds is 1. The summed E-state index contributed by atoms with van der Waals surface area (Å²) in [5, 5.41) is 12.7.